The molecule has 0 aromatic carbocycles. The number of hydrogen-bond donors (Lipinski definition) is 1. The highest BCUT2D eigenvalue weighted by Crippen LogP contribution is 2.07. The predicted octanol–water partition coefficient (Wildman–Crippen LogP) is 3.67. The van der Waals surface area contributed by atoms with E-state index < -0.39 is 0 Å². The molecule has 2 nitrogen and oxygen atoms in total. The van der Waals surface area contributed by atoms with E-state index in [-0.39, 0.29) is 0 Å². The van der Waals surface area contributed by atoms with Crippen LogP contribution in [0.3, 0.4) is 0 Å². The van der Waals surface area contributed by atoms with Crippen molar-refractivity contribution in [1.29, 1.82) is 0 Å². The van der Waals surface area contributed by atoms with Gasteiger partial charge in [-0.05, 0) is 45.4 Å². The van der Waals surface area contributed by atoms with Crippen LogP contribution in [0.1, 0.15) is 66.2 Å². The van der Waals surface area contributed by atoms with Gasteiger partial charge in [0, 0.05) is 6.04 Å². The van der Waals surface area contributed by atoms with Crippen molar-refractivity contribution in [2.75, 3.05) is 26.2 Å². The van der Waals surface area contributed by atoms with Crippen molar-refractivity contribution < 1.29 is 0 Å². The van der Waals surface area contributed by atoms with Crippen LogP contribution in [0, 0.1) is 0 Å². The Morgan fingerprint density at radius 3 is 2.12 bits per heavy atom. The summed E-state index contributed by atoms with van der Waals surface area (Å²) in [6, 6.07) is 0.738. The lowest BCUT2D eigenvalue weighted by Gasteiger charge is -2.23. The van der Waals surface area contributed by atoms with Crippen molar-refractivity contribution in [3.63, 3.8) is 0 Å². The fourth-order valence-corrected chi connectivity index (χ4v) is 2.22. The smallest absolute Gasteiger partial charge is 0.00792 e. The van der Waals surface area contributed by atoms with Gasteiger partial charge in [0.25, 0.3) is 0 Å². The lowest BCUT2D eigenvalue weighted by molar-refractivity contribution is 0.275. The van der Waals surface area contributed by atoms with E-state index in [1.54, 1.807) is 0 Å². The van der Waals surface area contributed by atoms with Gasteiger partial charge >= 0.3 is 0 Å². The number of nitrogens with one attached hydrogen (secondary N) is 1. The first-order valence-electron chi connectivity index (χ1n) is 7.74. The third kappa shape index (κ3) is 9.61. The zero-order valence-electron chi connectivity index (χ0n) is 12.6. The zero-order chi connectivity index (χ0) is 12.9. The fraction of sp³-hybridized carbons (Fsp3) is 1.00. The molecule has 0 saturated carbocycles. The van der Waals surface area contributed by atoms with Crippen LogP contribution in [0.25, 0.3) is 0 Å². The summed E-state index contributed by atoms with van der Waals surface area (Å²) in [7, 11) is 0. The summed E-state index contributed by atoms with van der Waals surface area (Å²) >= 11 is 0. The van der Waals surface area contributed by atoms with Gasteiger partial charge in [-0.2, -0.15) is 0 Å². The van der Waals surface area contributed by atoms with Crippen LogP contribution in [0.5, 0.6) is 0 Å². The molecule has 2 heteroatoms. The van der Waals surface area contributed by atoms with Gasteiger partial charge in [0.05, 0.1) is 0 Å². The van der Waals surface area contributed by atoms with Crippen LogP contribution in [0.2, 0.25) is 0 Å². The maximum atomic E-state index is 3.71. The van der Waals surface area contributed by atoms with Crippen LogP contribution in [-0.2, 0) is 0 Å². The van der Waals surface area contributed by atoms with Crippen molar-refractivity contribution in [2.45, 2.75) is 72.3 Å². The van der Waals surface area contributed by atoms with Crippen molar-refractivity contribution in [2.24, 2.45) is 0 Å². The minimum atomic E-state index is 0.738. The molecule has 0 aliphatic carbocycles. The average molecular weight is 242 g/mol. The van der Waals surface area contributed by atoms with Crippen molar-refractivity contribution in [3.8, 4) is 0 Å². The first-order valence-corrected chi connectivity index (χ1v) is 7.74. The van der Waals surface area contributed by atoms with Crippen LogP contribution < -0.4 is 5.32 Å². The predicted molar refractivity (Wildman–Crippen MR) is 78.6 cm³/mol. The molecule has 0 fully saturated rings. The molecule has 0 radical (unpaired) electrons. The van der Waals surface area contributed by atoms with Gasteiger partial charge in [-0.15, -0.1) is 0 Å². The van der Waals surface area contributed by atoms with Gasteiger partial charge in [-0.1, -0.05) is 47.0 Å². The molecule has 0 bridgehead atoms. The van der Waals surface area contributed by atoms with Gasteiger partial charge in [0.2, 0.25) is 0 Å². The molecule has 0 spiro atoms. The highest BCUT2D eigenvalue weighted by Gasteiger charge is 2.09. The Morgan fingerprint density at radius 1 is 0.882 bits per heavy atom. The SMILES string of the molecule is CCCCCC(CCN(CC)CC)NCCC. The molecular formula is C15H34N2. The maximum absolute atomic E-state index is 3.71. The average Bonchev–Trinajstić information content (AvgIpc) is 2.36. The molecule has 0 aliphatic heterocycles. The summed E-state index contributed by atoms with van der Waals surface area (Å²) in [5.41, 5.74) is 0. The Morgan fingerprint density at radius 2 is 1.59 bits per heavy atom. The topological polar surface area (TPSA) is 15.3 Å². The molecule has 0 aromatic rings. The van der Waals surface area contributed by atoms with E-state index in [2.05, 4.69) is 37.9 Å². The van der Waals surface area contributed by atoms with Crippen molar-refractivity contribution in [3.05, 3.63) is 0 Å². The van der Waals surface area contributed by atoms with E-state index in [0.717, 1.165) is 6.04 Å². The number of rotatable bonds is 12. The minimum absolute atomic E-state index is 0.738. The quantitative estimate of drug-likeness (QED) is 0.525. The molecule has 0 aliphatic rings. The fourth-order valence-electron chi connectivity index (χ4n) is 2.22. The van der Waals surface area contributed by atoms with E-state index in [9.17, 15) is 0 Å². The second-order valence-electron chi connectivity index (χ2n) is 4.96. The van der Waals surface area contributed by atoms with Crippen LogP contribution in [0.15, 0.2) is 0 Å². The molecule has 0 amide bonds. The van der Waals surface area contributed by atoms with Gasteiger partial charge in [0.15, 0.2) is 0 Å². The van der Waals surface area contributed by atoms with E-state index >= 15 is 0 Å². The van der Waals surface area contributed by atoms with Crippen LogP contribution in [-0.4, -0.2) is 37.1 Å². The summed E-state index contributed by atoms with van der Waals surface area (Å²) in [5.74, 6) is 0. The molecule has 0 heterocycles. The molecular weight excluding hydrogens is 208 g/mol. The Balaban J connectivity index is 3.82. The van der Waals surface area contributed by atoms with Gasteiger partial charge in [-0.25, -0.2) is 0 Å². The Bertz CT molecular complexity index is 144. The van der Waals surface area contributed by atoms with Crippen LogP contribution in [0.4, 0.5) is 0 Å². The lowest BCUT2D eigenvalue weighted by atomic mass is 10.0. The first-order chi connectivity index (χ1) is 8.28. The highest BCUT2D eigenvalue weighted by atomic mass is 15.1. The second kappa shape index (κ2) is 12.4. The summed E-state index contributed by atoms with van der Waals surface area (Å²) in [5, 5.41) is 3.71. The van der Waals surface area contributed by atoms with Gasteiger partial charge in [-0.3, -0.25) is 0 Å². The Hall–Kier alpha value is -0.0800. The monoisotopic (exact) mass is 242 g/mol. The zero-order valence-corrected chi connectivity index (χ0v) is 12.6. The van der Waals surface area contributed by atoms with E-state index in [4.69, 9.17) is 0 Å². The molecule has 0 aromatic heterocycles. The third-order valence-electron chi connectivity index (χ3n) is 3.53. The molecule has 104 valence electrons. The van der Waals surface area contributed by atoms with E-state index in [1.807, 2.05) is 0 Å². The minimum Gasteiger partial charge on any atom is -0.314 e. The number of unbranched alkanes of at least 4 members (excludes halogenated alkanes) is 2. The molecule has 1 N–H and O–H groups in total. The second-order valence-corrected chi connectivity index (χ2v) is 4.96. The maximum Gasteiger partial charge on any atom is 0.00792 e. The number of hydrogen-bond acceptors (Lipinski definition) is 2. The molecule has 0 saturated heterocycles. The van der Waals surface area contributed by atoms with Crippen LogP contribution >= 0.6 is 0 Å². The molecule has 1 unspecified atom stereocenters. The third-order valence-corrected chi connectivity index (χ3v) is 3.53. The highest BCUT2D eigenvalue weighted by molar-refractivity contribution is 4.69. The summed E-state index contributed by atoms with van der Waals surface area (Å²) in [6.45, 7) is 13.8. The lowest BCUT2D eigenvalue weighted by Crippen LogP contribution is -2.34. The van der Waals surface area contributed by atoms with Crippen molar-refractivity contribution in [1.82, 2.24) is 10.2 Å². The van der Waals surface area contributed by atoms with E-state index in [0.29, 0.717) is 0 Å². The Kier molecular flexibility index (Phi) is 12.3. The molecule has 0 rings (SSSR count). The first kappa shape index (κ1) is 16.9. The van der Waals surface area contributed by atoms with Gasteiger partial charge in [0.1, 0.15) is 0 Å². The summed E-state index contributed by atoms with van der Waals surface area (Å²) in [4.78, 5) is 2.53. The molecule has 1 atom stereocenters. The summed E-state index contributed by atoms with van der Waals surface area (Å²) < 4.78 is 0. The molecule has 17 heavy (non-hydrogen) atoms. The van der Waals surface area contributed by atoms with Gasteiger partial charge < -0.3 is 10.2 Å². The number of nitrogens with zero attached hydrogens (tertiary/aromatic N) is 1. The largest absolute Gasteiger partial charge is 0.314 e. The summed E-state index contributed by atoms with van der Waals surface area (Å²) in [6.07, 6.45) is 8.01. The standard InChI is InChI=1S/C15H34N2/c1-5-9-10-11-15(16-13-6-2)12-14-17(7-3)8-4/h15-16H,5-14H2,1-4H3. The Labute approximate surface area is 109 Å². The van der Waals surface area contributed by atoms with E-state index in [1.165, 1.54) is 64.7 Å². The van der Waals surface area contributed by atoms with Crippen molar-refractivity contribution >= 4 is 0 Å². The normalized spacial score (nSPS) is 13.2.